The Balaban J connectivity index is 1.85. The lowest BCUT2D eigenvalue weighted by atomic mass is 9.96. The highest BCUT2D eigenvalue weighted by molar-refractivity contribution is 5.26. The van der Waals surface area contributed by atoms with Gasteiger partial charge in [-0.3, -0.25) is 0 Å². The van der Waals surface area contributed by atoms with Crippen LogP contribution in [0.4, 0.5) is 0 Å². The molecule has 98 valence electrons. The van der Waals surface area contributed by atoms with E-state index in [1.807, 2.05) is 0 Å². The van der Waals surface area contributed by atoms with Crippen molar-refractivity contribution in [1.29, 1.82) is 0 Å². The van der Waals surface area contributed by atoms with Gasteiger partial charge in [0.1, 0.15) is 5.82 Å². The van der Waals surface area contributed by atoms with Crippen molar-refractivity contribution in [3.8, 4) is 0 Å². The lowest BCUT2D eigenvalue weighted by molar-refractivity contribution is 0.285. The topological polar surface area (TPSA) is 29.9 Å². The smallest absolute Gasteiger partial charge is 0.112 e. The summed E-state index contributed by atoms with van der Waals surface area (Å²) in [6.07, 6.45) is 6.67. The van der Waals surface area contributed by atoms with E-state index in [-0.39, 0.29) is 5.54 Å². The molecule has 0 amide bonds. The molecule has 4 rings (SSSR count). The summed E-state index contributed by atoms with van der Waals surface area (Å²) in [6, 6.07) is 0. The molecular formula is C15H23N3. The largest absolute Gasteiger partial charge is 0.326 e. The molecule has 0 aromatic carbocycles. The Morgan fingerprint density at radius 2 is 2.00 bits per heavy atom. The first-order valence-corrected chi connectivity index (χ1v) is 7.49. The van der Waals surface area contributed by atoms with Gasteiger partial charge in [-0.1, -0.05) is 0 Å². The molecule has 18 heavy (non-hydrogen) atoms. The van der Waals surface area contributed by atoms with Gasteiger partial charge in [-0.15, -0.1) is 0 Å². The minimum Gasteiger partial charge on any atom is -0.326 e. The Morgan fingerprint density at radius 3 is 2.67 bits per heavy atom. The predicted molar refractivity (Wildman–Crippen MR) is 71.7 cm³/mol. The van der Waals surface area contributed by atoms with Crippen LogP contribution in [-0.4, -0.2) is 16.1 Å². The van der Waals surface area contributed by atoms with E-state index in [1.54, 1.807) is 0 Å². The average Bonchev–Trinajstić information content (AvgIpc) is 3.22. The Labute approximate surface area is 109 Å². The lowest BCUT2D eigenvalue weighted by Gasteiger charge is -2.32. The van der Waals surface area contributed by atoms with Crippen molar-refractivity contribution in [1.82, 2.24) is 14.9 Å². The Bertz CT molecular complexity index is 478. The van der Waals surface area contributed by atoms with E-state index in [9.17, 15) is 0 Å². The normalized spacial score (nSPS) is 24.1. The van der Waals surface area contributed by atoms with Crippen LogP contribution in [0.3, 0.4) is 0 Å². The summed E-state index contributed by atoms with van der Waals surface area (Å²) in [4.78, 5) is 4.99. The van der Waals surface area contributed by atoms with Crippen LogP contribution in [0.5, 0.6) is 0 Å². The molecule has 3 aliphatic rings. The van der Waals surface area contributed by atoms with Gasteiger partial charge >= 0.3 is 0 Å². The summed E-state index contributed by atoms with van der Waals surface area (Å²) in [5, 5.41) is 3.46. The third-order valence-electron chi connectivity index (χ3n) is 5.01. The van der Waals surface area contributed by atoms with Crippen LogP contribution in [0.25, 0.3) is 0 Å². The molecular weight excluding hydrogens is 222 g/mol. The quantitative estimate of drug-likeness (QED) is 0.887. The minimum absolute atomic E-state index is 0.288. The van der Waals surface area contributed by atoms with Gasteiger partial charge in [0.05, 0.1) is 5.69 Å². The fourth-order valence-corrected chi connectivity index (χ4v) is 3.56. The highest BCUT2D eigenvalue weighted by Crippen LogP contribution is 2.49. The first-order chi connectivity index (χ1) is 8.68. The van der Waals surface area contributed by atoms with Crippen LogP contribution < -0.4 is 5.32 Å². The van der Waals surface area contributed by atoms with Gasteiger partial charge in [0, 0.05) is 36.7 Å². The summed E-state index contributed by atoms with van der Waals surface area (Å²) < 4.78 is 2.65. The van der Waals surface area contributed by atoms with Crippen molar-refractivity contribution in [3.05, 3.63) is 17.2 Å². The number of hydrogen-bond donors (Lipinski definition) is 1. The molecule has 1 aliphatic heterocycles. The van der Waals surface area contributed by atoms with Gasteiger partial charge in [-0.05, 0) is 45.4 Å². The van der Waals surface area contributed by atoms with Crippen LogP contribution in [0, 0.1) is 5.92 Å². The van der Waals surface area contributed by atoms with E-state index in [0.29, 0.717) is 0 Å². The van der Waals surface area contributed by atoms with Gasteiger partial charge in [0.15, 0.2) is 0 Å². The molecule has 0 saturated heterocycles. The fourth-order valence-electron chi connectivity index (χ4n) is 3.56. The van der Waals surface area contributed by atoms with E-state index in [4.69, 9.17) is 4.98 Å². The highest BCUT2D eigenvalue weighted by Gasteiger charge is 2.44. The second-order valence-electron chi connectivity index (χ2n) is 6.83. The lowest BCUT2D eigenvalue weighted by Crippen LogP contribution is -2.34. The summed E-state index contributed by atoms with van der Waals surface area (Å²) in [5.74, 6) is 3.04. The fraction of sp³-hybridized carbons (Fsp3) is 0.800. The zero-order valence-corrected chi connectivity index (χ0v) is 11.5. The standard InChI is InChI=1S/C15H23N3/c1-15(2,11-5-6-11)18-13-7-8-16-9-12(13)17-14(18)10-3-4-10/h10-11,16H,3-9H2,1-2H3. The maximum atomic E-state index is 4.99. The van der Waals surface area contributed by atoms with E-state index < -0.39 is 0 Å². The Hall–Kier alpha value is -0.830. The summed E-state index contributed by atoms with van der Waals surface area (Å²) in [7, 11) is 0. The first-order valence-electron chi connectivity index (χ1n) is 7.49. The zero-order chi connectivity index (χ0) is 12.3. The Morgan fingerprint density at radius 1 is 1.22 bits per heavy atom. The predicted octanol–water partition coefficient (Wildman–Crippen LogP) is 2.55. The zero-order valence-electron chi connectivity index (χ0n) is 11.5. The number of nitrogens with zero attached hydrogens (tertiary/aromatic N) is 2. The first kappa shape index (κ1) is 11.0. The van der Waals surface area contributed by atoms with Gasteiger partial charge in [0.25, 0.3) is 0 Å². The van der Waals surface area contributed by atoms with Gasteiger partial charge in [-0.25, -0.2) is 4.98 Å². The number of imidazole rings is 1. The van der Waals surface area contributed by atoms with E-state index in [1.165, 1.54) is 42.9 Å². The van der Waals surface area contributed by atoms with Crippen LogP contribution in [0.1, 0.15) is 62.7 Å². The molecule has 0 radical (unpaired) electrons. The van der Waals surface area contributed by atoms with Crippen LogP contribution in [-0.2, 0) is 18.5 Å². The maximum absolute atomic E-state index is 4.99. The molecule has 0 atom stereocenters. The number of aromatic nitrogens is 2. The van der Waals surface area contributed by atoms with Crippen LogP contribution in [0.2, 0.25) is 0 Å². The second-order valence-corrected chi connectivity index (χ2v) is 6.83. The molecule has 3 nitrogen and oxygen atoms in total. The maximum Gasteiger partial charge on any atom is 0.112 e. The van der Waals surface area contributed by atoms with Crippen molar-refractivity contribution in [2.45, 2.75) is 64.0 Å². The SMILES string of the molecule is CC(C)(C1CC1)n1c(C2CC2)nc2c1CCNC2. The number of hydrogen-bond acceptors (Lipinski definition) is 2. The molecule has 2 fully saturated rings. The summed E-state index contributed by atoms with van der Waals surface area (Å²) in [5.41, 5.74) is 3.15. The molecule has 1 aromatic rings. The van der Waals surface area contributed by atoms with Crippen molar-refractivity contribution < 1.29 is 0 Å². The van der Waals surface area contributed by atoms with E-state index in [2.05, 4.69) is 23.7 Å². The minimum atomic E-state index is 0.288. The van der Waals surface area contributed by atoms with Crippen molar-refractivity contribution in [2.75, 3.05) is 6.54 Å². The molecule has 0 bridgehead atoms. The molecule has 2 heterocycles. The van der Waals surface area contributed by atoms with Crippen molar-refractivity contribution in [2.24, 2.45) is 5.92 Å². The second kappa shape index (κ2) is 3.60. The highest BCUT2D eigenvalue weighted by atomic mass is 15.2. The molecule has 2 saturated carbocycles. The summed E-state index contributed by atoms with van der Waals surface area (Å²) in [6.45, 7) is 6.95. The molecule has 3 heteroatoms. The van der Waals surface area contributed by atoms with Crippen LogP contribution in [0.15, 0.2) is 0 Å². The third kappa shape index (κ3) is 1.56. The number of rotatable bonds is 3. The number of fused-ring (bicyclic) bond motifs is 1. The Kier molecular flexibility index (Phi) is 2.20. The summed E-state index contributed by atoms with van der Waals surface area (Å²) >= 11 is 0. The third-order valence-corrected chi connectivity index (χ3v) is 5.01. The van der Waals surface area contributed by atoms with Gasteiger partial charge in [-0.2, -0.15) is 0 Å². The molecule has 1 aromatic heterocycles. The van der Waals surface area contributed by atoms with Crippen molar-refractivity contribution >= 4 is 0 Å². The van der Waals surface area contributed by atoms with Gasteiger partial charge < -0.3 is 9.88 Å². The molecule has 0 unspecified atom stereocenters. The monoisotopic (exact) mass is 245 g/mol. The van der Waals surface area contributed by atoms with E-state index in [0.717, 1.165) is 31.3 Å². The van der Waals surface area contributed by atoms with E-state index >= 15 is 0 Å². The van der Waals surface area contributed by atoms with Crippen molar-refractivity contribution in [3.63, 3.8) is 0 Å². The molecule has 2 aliphatic carbocycles. The molecule has 0 spiro atoms. The molecule has 1 N–H and O–H groups in total. The van der Waals surface area contributed by atoms with Crippen LogP contribution >= 0.6 is 0 Å². The average molecular weight is 245 g/mol. The number of nitrogens with one attached hydrogen (secondary N) is 1. The van der Waals surface area contributed by atoms with Gasteiger partial charge in [0.2, 0.25) is 0 Å².